The minimum atomic E-state index is -0.321. The molecule has 1 amide bonds. The Morgan fingerprint density at radius 1 is 1.39 bits per heavy atom. The molecular formula is C15H11BrN4OS2. The molecule has 1 aromatic heterocycles. The van der Waals surface area contributed by atoms with Gasteiger partial charge in [-0.25, -0.2) is 5.01 Å². The monoisotopic (exact) mass is 406 g/mol. The number of carbonyl (C=O) groups is 1. The van der Waals surface area contributed by atoms with Crippen LogP contribution in [-0.4, -0.2) is 22.3 Å². The fourth-order valence-electron chi connectivity index (χ4n) is 2.58. The summed E-state index contributed by atoms with van der Waals surface area (Å²) in [6.45, 7) is 0. The Hall–Kier alpha value is -1.64. The first-order chi connectivity index (χ1) is 11.2. The van der Waals surface area contributed by atoms with Crippen LogP contribution in [0.3, 0.4) is 0 Å². The summed E-state index contributed by atoms with van der Waals surface area (Å²) in [6.07, 6.45) is 1.56. The van der Waals surface area contributed by atoms with Crippen molar-refractivity contribution in [2.75, 3.05) is 6.26 Å². The second-order valence-corrected chi connectivity index (χ2v) is 7.47. The smallest absolute Gasteiger partial charge is 0.276 e. The van der Waals surface area contributed by atoms with Gasteiger partial charge in [-0.15, -0.1) is 5.10 Å². The molecule has 0 bridgehead atoms. The molecule has 3 heterocycles. The Kier molecular flexibility index (Phi) is 3.74. The number of fused-ring (bicyclic) bond motifs is 2. The molecule has 116 valence electrons. The average molecular weight is 407 g/mol. The number of hydrogen-bond donors (Lipinski definition) is 1. The summed E-state index contributed by atoms with van der Waals surface area (Å²) in [7, 11) is 0. The number of hydrogen-bond acceptors (Lipinski definition) is 6. The van der Waals surface area contributed by atoms with Gasteiger partial charge in [0.25, 0.3) is 5.91 Å². The van der Waals surface area contributed by atoms with Crippen LogP contribution < -0.4 is 15.9 Å². The number of amides is 1. The number of thioether (sulfide) groups is 1. The zero-order chi connectivity index (χ0) is 16.0. The zero-order valence-corrected chi connectivity index (χ0v) is 15.2. The number of amidine groups is 1. The molecule has 0 spiro atoms. The van der Waals surface area contributed by atoms with Crippen LogP contribution in [0.4, 0.5) is 0 Å². The van der Waals surface area contributed by atoms with E-state index in [4.69, 9.17) is 4.99 Å². The highest BCUT2D eigenvalue weighted by Crippen LogP contribution is 2.31. The molecule has 0 fully saturated rings. The Labute approximate surface area is 148 Å². The summed E-state index contributed by atoms with van der Waals surface area (Å²) in [5, 5.41) is 15.3. The fraction of sp³-hybridized carbons (Fsp3) is 0.133. The minimum absolute atomic E-state index is 0.154. The highest BCUT2D eigenvalue weighted by molar-refractivity contribution is 9.10. The maximum absolute atomic E-state index is 12.6. The van der Waals surface area contributed by atoms with Crippen molar-refractivity contribution >= 4 is 55.8 Å². The zero-order valence-electron chi connectivity index (χ0n) is 12.0. The van der Waals surface area contributed by atoms with Crippen molar-refractivity contribution in [2.45, 2.75) is 6.17 Å². The minimum Gasteiger partial charge on any atom is -0.298 e. The third-order valence-corrected chi connectivity index (χ3v) is 5.37. The van der Waals surface area contributed by atoms with Crippen LogP contribution in [0, 0.1) is 0 Å². The van der Waals surface area contributed by atoms with Gasteiger partial charge in [-0.3, -0.25) is 15.1 Å². The van der Waals surface area contributed by atoms with E-state index in [9.17, 15) is 4.79 Å². The van der Waals surface area contributed by atoms with Gasteiger partial charge in [0.2, 0.25) is 0 Å². The maximum Gasteiger partial charge on any atom is 0.276 e. The summed E-state index contributed by atoms with van der Waals surface area (Å²) < 4.78 is 0.903. The number of nitrogens with one attached hydrogen (secondary N) is 1. The quantitative estimate of drug-likeness (QED) is 0.787. The third-order valence-electron chi connectivity index (χ3n) is 3.60. The lowest BCUT2D eigenvalue weighted by molar-refractivity contribution is -0.116. The molecule has 4 rings (SSSR count). The molecule has 1 atom stereocenters. The molecule has 1 N–H and O–H groups in total. The second kappa shape index (κ2) is 5.77. The van der Waals surface area contributed by atoms with E-state index in [0.29, 0.717) is 10.9 Å². The van der Waals surface area contributed by atoms with Crippen LogP contribution in [0.2, 0.25) is 0 Å². The molecule has 0 saturated heterocycles. The van der Waals surface area contributed by atoms with Crippen LogP contribution in [0.5, 0.6) is 0 Å². The van der Waals surface area contributed by atoms with Crippen molar-refractivity contribution in [1.29, 1.82) is 0 Å². The number of nitrogens with zero attached hydrogens (tertiary/aromatic N) is 3. The fourth-order valence-corrected chi connectivity index (χ4v) is 3.98. The standard InChI is InChI=1S/C15H11BrN4OS2/c1-22-15-18-14(21)12-10-6-9(16)2-3-11(10)17-13(20(12)19-15)8-4-5-23-7-8/h2-7,13H,1H3,(H,18,19,21)/t13-/m0/s1. The number of benzene rings is 1. The van der Waals surface area contributed by atoms with Crippen LogP contribution in [-0.2, 0) is 4.79 Å². The van der Waals surface area contributed by atoms with Gasteiger partial charge in [0.05, 0.1) is 5.36 Å². The molecule has 1 aromatic carbocycles. The van der Waals surface area contributed by atoms with Crippen LogP contribution >= 0.6 is 39.0 Å². The molecule has 5 nitrogen and oxygen atoms in total. The molecule has 0 unspecified atom stereocenters. The van der Waals surface area contributed by atoms with Gasteiger partial charge >= 0.3 is 0 Å². The highest BCUT2D eigenvalue weighted by Gasteiger charge is 2.34. The van der Waals surface area contributed by atoms with Gasteiger partial charge in [0.1, 0.15) is 5.70 Å². The van der Waals surface area contributed by atoms with Crippen molar-refractivity contribution in [2.24, 2.45) is 10.1 Å². The van der Waals surface area contributed by atoms with Crippen molar-refractivity contribution in [3.05, 3.63) is 55.6 Å². The van der Waals surface area contributed by atoms with Gasteiger partial charge in [-0.05, 0) is 41.3 Å². The molecule has 8 heteroatoms. The largest absolute Gasteiger partial charge is 0.298 e. The SMILES string of the molecule is CSC1=NN2C(=c3cc(Br)ccc3=N[C@@H]2c2ccsc2)C(=O)N1. The summed E-state index contributed by atoms with van der Waals surface area (Å²) in [6, 6.07) is 7.77. The summed E-state index contributed by atoms with van der Waals surface area (Å²) >= 11 is 6.47. The molecule has 23 heavy (non-hydrogen) atoms. The number of carbonyl (C=O) groups excluding carboxylic acids is 1. The summed E-state index contributed by atoms with van der Waals surface area (Å²) in [5.41, 5.74) is 1.56. The van der Waals surface area contributed by atoms with Crippen molar-refractivity contribution in [1.82, 2.24) is 10.3 Å². The normalized spacial score (nSPS) is 19.5. The van der Waals surface area contributed by atoms with E-state index in [-0.39, 0.29) is 12.1 Å². The summed E-state index contributed by atoms with van der Waals surface area (Å²) in [5.74, 6) is -0.154. The molecule has 0 aliphatic carbocycles. The number of rotatable bonds is 1. The van der Waals surface area contributed by atoms with E-state index in [0.717, 1.165) is 20.6 Å². The van der Waals surface area contributed by atoms with E-state index in [2.05, 4.69) is 26.3 Å². The van der Waals surface area contributed by atoms with Crippen LogP contribution in [0.25, 0.3) is 5.70 Å². The first-order valence-electron chi connectivity index (χ1n) is 6.80. The predicted octanol–water partition coefficient (Wildman–Crippen LogP) is 2.02. The van der Waals surface area contributed by atoms with Crippen molar-refractivity contribution in [3.8, 4) is 0 Å². The first-order valence-corrected chi connectivity index (χ1v) is 9.76. The van der Waals surface area contributed by atoms with E-state index in [1.165, 1.54) is 11.8 Å². The summed E-state index contributed by atoms with van der Waals surface area (Å²) in [4.78, 5) is 17.5. The molecule has 0 saturated carbocycles. The Bertz CT molecular complexity index is 939. The number of thiophene rings is 1. The van der Waals surface area contributed by atoms with E-state index in [1.54, 1.807) is 16.3 Å². The van der Waals surface area contributed by atoms with Crippen LogP contribution in [0.1, 0.15) is 11.7 Å². The van der Waals surface area contributed by atoms with Gasteiger partial charge in [-0.1, -0.05) is 27.7 Å². The molecule has 2 aliphatic heterocycles. The Morgan fingerprint density at radius 2 is 2.26 bits per heavy atom. The van der Waals surface area contributed by atoms with Crippen LogP contribution in [0.15, 0.2) is 49.6 Å². The lowest BCUT2D eigenvalue weighted by Gasteiger charge is -2.33. The van der Waals surface area contributed by atoms with E-state index < -0.39 is 0 Å². The average Bonchev–Trinajstić information content (AvgIpc) is 3.07. The maximum atomic E-state index is 12.6. The molecule has 2 aliphatic rings. The van der Waals surface area contributed by atoms with Gasteiger partial charge < -0.3 is 0 Å². The van der Waals surface area contributed by atoms with Crippen molar-refractivity contribution in [3.63, 3.8) is 0 Å². The van der Waals surface area contributed by atoms with Crippen molar-refractivity contribution < 1.29 is 4.79 Å². The third kappa shape index (κ3) is 2.50. The molecule has 2 aromatic rings. The second-order valence-electron chi connectivity index (χ2n) is 4.98. The topological polar surface area (TPSA) is 57.1 Å². The predicted molar refractivity (Wildman–Crippen MR) is 96.3 cm³/mol. The van der Waals surface area contributed by atoms with Gasteiger partial charge in [0, 0.05) is 15.3 Å². The van der Waals surface area contributed by atoms with E-state index in [1.807, 2.05) is 41.3 Å². The Balaban J connectivity index is 2.03. The number of hydrazone groups is 1. The van der Waals surface area contributed by atoms with E-state index >= 15 is 0 Å². The lowest BCUT2D eigenvalue weighted by atomic mass is 10.1. The number of halogens is 1. The lowest BCUT2D eigenvalue weighted by Crippen LogP contribution is -2.50. The highest BCUT2D eigenvalue weighted by atomic mass is 79.9. The van der Waals surface area contributed by atoms with Gasteiger partial charge in [0.15, 0.2) is 11.3 Å². The molecular weight excluding hydrogens is 396 g/mol. The van der Waals surface area contributed by atoms with Gasteiger partial charge in [-0.2, -0.15) is 11.3 Å². The molecule has 0 radical (unpaired) electrons. The Morgan fingerprint density at radius 3 is 3.00 bits per heavy atom. The first kappa shape index (κ1) is 14.9.